The van der Waals surface area contributed by atoms with Crippen molar-refractivity contribution in [1.29, 1.82) is 0 Å². The lowest BCUT2D eigenvalue weighted by Crippen LogP contribution is -2.46. The highest BCUT2D eigenvalue weighted by molar-refractivity contribution is 7.89. The van der Waals surface area contributed by atoms with Crippen molar-refractivity contribution in [2.75, 3.05) is 31.5 Å². The van der Waals surface area contributed by atoms with Crippen LogP contribution in [0.25, 0.3) is 0 Å². The lowest BCUT2D eigenvalue weighted by atomic mass is 9.98. The number of hydrogen-bond acceptors (Lipinski definition) is 5. The van der Waals surface area contributed by atoms with Crippen molar-refractivity contribution < 1.29 is 22.7 Å². The third kappa shape index (κ3) is 3.80. The van der Waals surface area contributed by atoms with Crippen molar-refractivity contribution >= 4 is 27.5 Å². The van der Waals surface area contributed by atoms with Crippen LogP contribution in [-0.2, 0) is 19.6 Å². The van der Waals surface area contributed by atoms with Gasteiger partial charge >= 0.3 is 0 Å². The molecule has 2 fully saturated rings. The van der Waals surface area contributed by atoms with Gasteiger partial charge in [-0.2, -0.15) is 4.31 Å². The number of anilines is 1. The fraction of sp³-hybridized carbons (Fsp3) is 0.619. The number of nitrogens with zero attached hydrogens (tertiary/aromatic N) is 2. The summed E-state index contributed by atoms with van der Waals surface area (Å²) in [6.45, 7) is 5.71. The van der Waals surface area contributed by atoms with Crippen molar-refractivity contribution in [3.05, 3.63) is 17.7 Å². The predicted octanol–water partition coefficient (Wildman–Crippen LogP) is 2.13. The highest BCUT2D eigenvalue weighted by Gasteiger charge is 2.37. The van der Waals surface area contributed by atoms with Gasteiger partial charge in [-0.25, -0.2) is 8.42 Å². The van der Waals surface area contributed by atoms with Gasteiger partial charge in [0.1, 0.15) is 5.75 Å². The van der Waals surface area contributed by atoms with Crippen LogP contribution in [0.4, 0.5) is 5.69 Å². The summed E-state index contributed by atoms with van der Waals surface area (Å²) in [6, 6.07) is 3.15. The molecule has 0 aliphatic carbocycles. The number of carbonyl (C=O) groups is 2. The van der Waals surface area contributed by atoms with Gasteiger partial charge in [0, 0.05) is 32.2 Å². The molecule has 2 amide bonds. The number of fused-ring (bicyclic) bond motifs is 1. The van der Waals surface area contributed by atoms with Gasteiger partial charge in [0.2, 0.25) is 15.9 Å². The van der Waals surface area contributed by atoms with Crippen LogP contribution < -0.4 is 10.1 Å². The minimum absolute atomic E-state index is 0.0754. The Bertz CT molecular complexity index is 956. The van der Waals surface area contributed by atoms with Gasteiger partial charge in [-0.15, -0.1) is 0 Å². The zero-order valence-corrected chi connectivity index (χ0v) is 18.3. The van der Waals surface area contributed by atoms with E-state index in [-0.39, 0.29) is 29.2 Å². The van der Waals surface area contributed by atoms with Gasteiger partial charge in [-0.3, -0.25) is 9.59 Å². The van der Waals surface area contributed by atoms with Crippen LogP contribution in [0.1, 0.15) is 44.6 Å². The van der Waals surface area contributed by atoms with Gasteiger partial charge in [-0.05, 0) is 50.7 Å². The van der Waals surface area contributed by atoms with Crippen molar-refractivity contribution in [3.63, 3.8) is 0 Å². The molecule has 4 rings (SSSR count). The number of carbonyl (C=O) groups excluding carboxylic acids is 2. The Kier molecular flexibility index (Phi) is 5.76. The van der Waals surface area contributed by atoms with Crippen LogP contribution in [0.15, 0.2) is 17.0 Å². The second kappa shape index (κ2) is 8.19. The summed E-state index contributed by atoms with van der Waals surface area (Å²) in [5, 5.41) is 2.79. The average molecular weight is 436 g/mol. The molecule has 2 saturated heterocycles. The Morgan fingerprint density at radius 2 is 1.93 bits per heavy atom. The van der Waals surface area contributed by atoms with Crippen LogP contribution in [0, 0.1) is 12.8 Å². The first-order valence-corrected chi connectivity index (χ1v) is 12.2. The minimum Gasteiger partial charge on any atom is -0.478 e. The molecule has 30 heavy (non-hydrogen) atoms. The highest BCUT2D eigenvalue weighted by Crippen LogP contribution is 2.36. The molecule has 1 aromatic carbocycles. The number of sulfonamides is 1. The summed E-state index contributed by atoms with van der Waals surface area (Å²) < 4.78 is 34.1. The molecular formula is C21H29N3O5S. The number of nitrogens with one attached hydrogen (secondary N) is 1. The van der Waals surface area contributed by atoms with E-state index in [0.29, 0.717) is 36.4 Å². The topological polar surface area (TPSA) is 96.0 Å². The summed E-state index contributed by atoms with van der Waals surface area (Å²) >= 11 is 0. The summed E-state index contributed by atoms with van der Waals surface area (Å²) in [5.41, 5.74) is 1.03. The van der Waals surface area contributed by atoms with Crippen LogP contribution in [-0.4, -0.2) is 61.7 Å². The molecule has 0 unspecified atom stereocenters. The monoisotopic (exact) mass is 435 g/mol. The van der Waals surface area contributed by atoms with E-state index >= 15 is 0 Å². The van der Waals surface area contributed by atoms with E-state index in [1.165, 1.54) is 10.4 Å². The Balaban J connectivity index is 1.58. The number of amides is 2. The normalized spacial score (nSPS) is 24.9. The third-order valence-corrected chi connectivity index (χ3v) is 8.24. The largest absolute Gasteiger partial charge is 0.478 e. The molecule has 1 aromatic rings. The summed E-state index contributed by atoms with van der Waals surface area (Å²) in [4.78, 5) is 26.9. The maximum atomic E-state index is 13.5. The van der Waals surface area contributed by atoms with Gasteiger partial charge in [-0.1, -0.05) is 6.92 Å². The van der Waals surface area contributed by atoms with Crippen molar-refractivity contribution in [2.45, 2.75) is 57.0 Å². The van der Waals surface area contributed by atoms with Gasteiger partial charge in [0.05, 0.1) is 16.5 Å². The first-order valence-electron chi connectivity index (χ1n) is 10.7. The van der Waals surface area contributed by atoms with E-state index in [9.17, 15) is 18.0 Å². The van der Waals surface area contributed by atoms with Crippen LogP contribution in [0.3, 0.4) is 0 Å². The van der Waals surface area contributed by atoms with Crippen LogP contribution in [0.5, 0.6) is 5.75 Å². The van der Waals surface area contributed by atoms with Crippen molar-refractivity contribution in [2.24, 2.45) is 5.92 Å². The predicted molar refractivity (Wildman–Crippen MR) is 112 cm³/mol. The van der Waals surface area contributed by atoms with Crippen molar-refractivity contribution in [3.8, 4) is 5.75 Å². The molecule has 3 aliphatic rings. The Labute approximate surface area is 177 Å². The fourth-order valence-electron chi connectivity index (χ4n) is 4.53. The quantitative estimate of drug-likeness (QED) is 0.782. The Morgan fingerprint density at radius 3 is 2.63 bits per heavy atom. The van der Waals surface area contributed by atoms with E-state index in [4.69, 9.17) is 4.74 Å². The van der Waals surface area contributed by atoms with E-state index in [2.05, 4.69) is 5.32 Å². The van der Waals surface area contributed by atoms with Crippen LogP contribution >= 0.6 is 0 Å². The lowest BCUT2D eigenvalue weighted by molar-refractivity contribution is -0.135. The SMILES string of the molecule is CC[C@@H]1Oc2cc(S(=O)(=O)N3CCC[C@H](C(=O)N4CCCC4)C3)c(C)cc2NC1=O. The molecule has 0 spiro atoms. The fourth-order valence-corrected chi connectivity index (χ4v) is 6.27. The van der Waals surface area contributed by atoms with Crippen LogP contribution in [0.2, 0.25) is 0 Å². The average Bonchev–Trinajstić information content (AvgIpc) is 3.27. The number of likely N-dealkylation sites (tertiary alicyclic amines) is 1. The molecule has 0 radical (unpaired) electrons. The first kappa shape index (κ1) is 21.1. The molecule has 0 bridgehead atoms. The Hall–Kier alpha value is -2.13. The van der Waals surface area contributed by atoms with E-state index in [1.54, 1.807) is 13.0 Å². The smallest absolute Gasteiger partial charge is 0.265 e. The second-order valence-electron chi connectivity index (χ2n) is 8.35. The summed E-state index contributed by atoms with van der Waals surface area (Å²) in [5.74, 6) is -0.0670. The molecular weight excluding hydrogens is 406 g/mol. The lowest BCUT2D eigenvalue weighted by Gasteiger charge is -2.34. The molecule has 8 nitrogen and oxygen atoms in total. The number of rotatable bonds is 4. The van der Waals surface area contributed by atoms with E-state index < -0.39 is 16.1 Å². The summed E-state index contributed by atoms with van der Waals surface area (Å²) in [7, 11) is -3.78. The molecule has 9 heteroatoms. The third-order valence-electron chi connectivity index (χ3n) is 6.24. The van der Waals surface area contributed by atoms with Gasteiger partial charge < -0.3 is 15.0 Å². The summed E-state index contributed by atoms with van der Waals surface area (Å²) in [6.07, 6.45) is 3.28. The van der Waals surface area contributed by atoms with E-state index in [0.717, 1.165) is 32.4 Å². The Morgan fingerprint density at radius 1 is 1.20 bits per heavy atom. The standard InChI is InChI=1S/C21H29N3O5S/c1-3-17-20(25)22-16-11-14(2)19(12-18(16)29-17)30(27,28)24-10-6-7-15(13-24)21(26)23-8-4-5-9-23/h11-12,15,17H,3-10,13H2,1-2H3,(H,22,25)/t15-,17-/m0/s1. The molecule has 2 atom stereocenters. The zero-order valence-electron chi connectivity index (χ0n) is 17.5. The van der Waals surface area contributed by atoms with Gasteiger partial charge in [0.25, 0.3) is 5.91 Å². The molecule has 3 heterocycles. The molecule has 0 saturated carbocycles. The number of ether oxygens (including phenoxy) is 1. The molecule has 164 valence electrons. The highest BCUT2D eigenvalue weighted by atomic mass is 32.2. The number of benzene rings is 1. The number of piperidine rings is 1. The maximum Gasteiger partial charge on any atom is 0.265 e. The molecule has 3 aliphatic heterocycles. The van der Waals surface area contributed by atoms with Crippen molar-refractivity contribution in [1.82, 2.24) is 9.21 Å². The first-order chi connectivity index (χ1) is 14.3. The molecule has 1 N–H and O–H groups in total. The minimum atomic E-state index is -3.78. The maximum absolute atomic E-state index is 13.5. The van der Waals surface area contributed by atoms with E-state index in [1.807, 2.05) is 11.8 Å². The zero-order chi connectivity index (χ0) is 21.5. The molecule has 0 aromatic heterocycles. The second-order valence-corrected chi connectivity index (χ2v) is 10.3. The van der Waals surface area contributed by atoms with Gasteiger partial charge in [0.15, 0.2) is 6.10 Å². The number of aryl methyl sites for hydroxylation is 1. The number of hydrogen-bond donors (Lipinski definition) is 1.